The van der Waals surface area contributed by atoms with Crippen molar-refractivity contribution >= 4 is 69.4 Å². The Labute approximate surface area is 204 Å². The summed E-state index contributed by atoms with van der Waals surface area (Å²) in [6.07, 6.45) is 5.15. The molecule has 1 aliphatic rings. The third-order valence-corrected chi connectivity index (χ3v) is 5.13. The van der Waals surface area contributed by atoms with E-state index in [0.29, 0.717) is 17.7 Å². The van der Waals surface area contributed by atoms with Gasteiger partial charge in [-0.1, -0.05) is 23.8 Å². The maximum absolute atomic E-state index is 12.5. The first-order chi connectivity index (χ1) is 14.3. The first-order valence-corrected chi connectivity index (χ1v) is 10.7. The summed E-state index contributed by atoms with van der Waals surface area (Å²) in [5.41, 5.74) is 7.85. The van der Waals surface area contributed by atoms with Crippen LogP contribution in [0.4, 0.5) is 17.1 Å². The average molecular weight is 453 g/mol. The van der Waals surface area contributed by atoms with Crippen molar-refractivity contribution < 1.29 is 22.7 Å². The summed E-state index contributed by atoms with van der Waals surface area (Å²) in [5.74, 6) is -1.45. The molecular weight excluding hydrogens is 429 g/mol. The summed E-state index contributed by atoms with van der Waals surface area (Å²) in [6, 6.07) is 10.0. The van der Waals surface area contributed by atoms with Crippen molar-refractivity contribution in [3.8, 4) is 5.75 Å². The van der Waals surface area contributed by atoms with Gasteiger partial charge in [-0.15, -0.1) is 0 Å². The van der Waals surface area contributed by atoms with E-state index >= 15 is 0 Å². The molecule has 4 N–H and O–H groups in total. The Balaban J connectivity index is 0.00000341. The molecule has 0 saturated heterocycles. The molecule has 0 fully saturated rings. The van der Waals surface area contributed by atoms with E-state index in [4.69, 9.17) is 10.5 Å². The van der Waals surface area contributed by atoms with Crippen molar-refractivity contribution in [3.63, 3.8) is 0 Å². The normalized spacial score (nSPS) is 13.0. The van der Waals surface area contributed by atoms with Crippen LogP contribution in [-0.4, -0.2) is 49.9 Å². The van der Waals surface area contributed by atoms with Crippen LogP contribution in [0.5, 0.6) is 5.75 Å². The van der Waals surface area contributed by atoms with Crippen LogP contribution in [0.25, 0.3) is 0 Å². The van der Waals surface area contributed by atoms with Crippen molar-refractivity contribution in [1.82, 2.24) is 0 Å². The van der Waals surface area contributed by atoms with Gasteiger partial charge in [-0.05, 0) is 56.9 Å². The number of primary amides is 1. The third-order valence-electron chi connectivity index (χ3n) is 4.70. The molecule has 0 unspecified atom stereocenters. The Morgan fingerprint density at radius 3 is 2.35 bits per heavy atom. The Hall–Kier alpha value is -2.33. The average Bonchev–Trinajstić information content (AvgIpc) is 2.71. The van der Waals surface area contributed by atoms with Crippen LogP contribution < -0.4 is 20.5 Å². The predicted molar refractivity (Wildman–Crippen MR) is 123 cm³/mol. The second-order valence-electron chi connectivity index (χ2n) is 6.95. The van der Waals surface area contributed by atoms with Gasteiger partial charge in [0.25, 0.3) is 5.91 Å². The number of anilines is 3. The molecule has 10 heteroatoms. The fourth-order valence-corrected chi connectivity index (χ4v) is 3.59. The molecule has 1 amide bonds. The zero-order valence-corrected chi connectivity index (χ0v) is 17.3. The number of amides is 1. The number of benzene rings is 2. The molecule has 3 rings (SSSR count). The number of hydrogen-bond donors (Lipinski definition) is 4. The Morgan fingerprint density at radius 1 is 1.06 bits per heavy atom. The molecule has 0 radical (unpaired) electrons. The molecule has 0 saturated carbocycles. The van der Waals surface area contributed by atoms with E-state index in [1.54, 1.807) is 12.1 Å². The van der Waals surface area contributed by atoms with Crippen LogP contribution in [0.2, 0.25) is 0 Å². The summed E-state index contributed by atoms with van der Waals surface area (Å²) in [5, 5.41) is 3.01. The van der Waals surface area contributed by atoms with E-state index < -0.39 is 22.8 Å². The van der Waals surface area contributed by atoms with Gasteiger partial charge >= 0.3 is 35.5 Å². The molecule has 0 spiro atoms. The molecule has 1 aliphatic carbocycles. The molecule has 160 valence electrons. The molecule has 0 bridgehead atoms. The quantitative estimate of drug-likeness (QED) is 0.221. The number of rotatable bonds is 7. The van der Waals surface area contributed by atoms with E-state index in [1.165, 1.54) is 12.1 Å². The first kappa shape index (κ1) is 24.9. The van der Waals surface area contributed by atoms with Gasteiger partial charge in [0.05, 0.1) is 11.4 Å². The Bertz CT molecular complexity index is 1070. The van der Waals surface area contributed by atoms with Crippen molar-refractivity contribution in [2.24, 2.45) is 5.73 Å². The molecule has 0 atom stereocenters. The summed E-state index contributed by atoms with van der Waals surface area (Å²) in [4.78, 5) is 24.8. The number of esters is 1. The van der Waals surface area contributed by atoms with E-state index in [2.05, 4.69) is 10.0 Å². The summed E-state index contributed by atoms with van der Waals surface area (Å²) in [6.45, 7) is 1.92. The third kappa shape index (κ3) is 6.57. The number of carbonyl (C=O) groups is 2. The zero-order chi connectivity index (χ0) is 21.7. The number of thiol groups is 1. The number of aryl methyl sites for hydroxylation is 1. The number of hydrogen-bond acceptors (Lipinski definition) is 6. The SMILES string of the molecule is Cc1ccc(Nc2c(N[SH](=O)=O)ccc(OC(=O)C3=CCCCC3)c2C(N)=O)cc1.[NaH]. The first-order valence-electron chi connectivity index (χ1n) is 9.48. The summed E-state index contributed by atoms with van der Waals surface area (Å²) in [7, 11) is -3.00. The standard InChI is InChI=1S/C21H23N3O5S.Na.H/c1-13-7-9-15(10-8-13)23-19-16(24-30(27)28)11-12-17(18(19)20(22)25)29-21(26)14-5-3-2-4-6-14;;/h5,7-12,23,30H,2-4,6H2,1H3,(H2,22,25)(H,24,27,28);;. The number of carbonyl (C=O) groups excluding carboxylic acids is 2. The van der Waals surface area contributed by atoms with E-state index in [-0.39, 0.29) is 52.2 Å². The predicted octanol–water partition coefficient (Wildman–Crippen LogP) is 2.53. The Morgan fingerprint density at radius 2 is 1.77 bits per heavy atom. The minimum atomic E-state index is -3.00. The van der Waals surface area contributed by atoms with Crippen LogP contribution in [0, 0.1) is 6.92 Å². The second kappa shape index (κ2) is 11.3. The fourth-order valence-electron chi connectivity index (χ4n) is 3.20. The van der Waals surface area contributed by atoms with Crippen LogP contribution >= 0.6 is 0 Å². The van der Waals surface area contributed by atoms with Gasteiger partial charge in [0, 0.05) is 11.3 Å². The van der Waals surface area contributed by atoms with Gasteiger partial charge in [-0.2, -0.15) is 0 Å². The number of allylic oxidation sites excluding steroid dienone is 1. The van der Waals surface area contributed by atoms with Crippen LogP contribution in [-0.2, 0) is 15.7 Å². The Kier molecular flexibility index (Phi) is 9.12. The van der Waals surface area contributed by atoms with Crippen molar-refractivity contribution in [2.75, 3.05) is 10.0 Å². The van der Waals surface area contributed by atoms with Gasteiger partial charge in [0.1, 0.15) is 11.3 Å². The van der Waals surface area contributed by atoms with Crippen molar-refractivity contribution in [3.05, 3.63) is 59.2 Å². The molecule has 0 aromatic heterocycles. The van der Waals surface area contributed by atoms with Gasteiger partial charge in [-0.3, -0.25) is 9.52 Å². The topological polar surface area (TPSA) is 128 Å². The maximum atomic E-state index is 12.5. The number of nitrogens with one attached hydrogen (secondary N) is 2. The van der Waals surface area contributed by atoms with Crippen molar-refractivity contribution in [1.29, 1.82) is 0 Å². The van der Waals surface area contributed by atoms with Crippen LogP contribution in [0.15, 0.2) is 48.0 Å². The van der Waals surface area contributed by atoms with Gasteiger partial charge in [-0.25, -0.2) is 13.2 Å². The monoisotopic (exact) mass is 453 g/mol. The molecular formula is C21H24N3NaO5S. The fraction of sp³-hybridized carbons (Fsp3) is 0.238. The molecule has 2 aromatic carbocycles. The second-order valence-corrected chi connectivity index (χ2v) is 7.69. The van der Waals surface area contributed by atoms with Crippen LogP contribution in [0.1, 0.15) is 41.6 Å². The summed E-state index contributed by atoms with van der Waals surface area (Å²) < 4.78 is 30.3. The van der Waals surface area contributed by atoms with Gasteiger partial charge in [0.2, 0.25) is 10.9 Å². The number of nitrogens with two attached hydrogens (primary N) is 1. The van der Waals surface area contributed by atoms with E-state index in [0.717, 1.165) is 24.8 Å². The zero-order valence-electron chi connectivity index (χ0n) is 16.4. The van der Waals surface area contributed by atoms with E-state index in [1.807, 2.05) is 25.1 Å². The molecule has 8 nitrogen and oxygen atoms in total. The van der Waals surface area contributed by atoms with Gasteiger partial charge in [0.15, 0.2) is 0 Å². The molecule has 0 heterocycles. The molecule has 2 aromatic rings. The van der Waals surface area contributed by atoms with Gasteiger partial charge < -0.3 is 15.8 Å². The molecule has 31 heavy (non-hydrogen) atoms. The van der Waals surface area contributed by atoms with Crippen molar-refractivity contribution in [2.45, 2.75) is 32.6 Å². The van der Waals surface area contributed by atoms with E-state index in [9.17, 15) is 18.0 Å². The van der Waals surface area contributed by atoms with Crippen LogP contribution in [0.3, 0.4) is 0 Å². The number of ether oxygens (including phenoxy) is 1. The molecule has 0 aliphatic heterocycles. The summed E-state index contributed by atoms with van der Waals surface area (Å²) >= 11 is 0. The minimum absolute atomic E-state index is 0.